The monoisotopic (exact) mass is 285 g/mol. The summed E-state index contributed by atoms with van der Waals surface area (Å²) in [4.78, 5) is 2.48. The molecular weight excluding hydrogens is 258 g/mol. The SMILES string of the molecule is CCC1(CC)CCN(CCC(N)(C#N)c2ccccc2)C1. The van der Waals surface area contributed by atoms with Gasteiger partial charge in [0, 0.05) is 13.1 Å². The molecule has 2 N–H and O–H groups in total. The molecule has 0 amide bonds. The summed E-state index contributed by atoms with van der Waals surface area (Å²) >= 11 is 0. The first-order chi connectivity index (χ1) is 10.1. The second kappa shape index (κ2) is 6.60. The van der Waals surface area contributed by atoms with Crippen LogP contribution in [-0.2, 0) is 5.54 Å². The Morgan fingerprint density at radius 2 is 1.95 bits per heavy atom. The highest BCUT2D eigenvalue weighted by molar-refractivity contribution is 5.30. The third-order valence-corrected chi connectivity index (χ3v) is 5.33. The van der Waals surface area contributed by atoms with Crippen molar-refractivity contribution < 1.29 is 0 Å². The van der Waals surface area contributed by atoms with Crippen LogP contribution < -0.4 is 5.73 Å². The van der Waals surface area contributed by atoms with Crippen LogP contribution in [0.2, 0.25) is 0 Å². The minimum absolute atomic E-state index is 0.483. The van der Waals surface area contributed by atoms with E-state index in [2.05, 4.69) is 24.8 Å². The highest BCUT2D eigenvalue weighted by Gasteiger charge is 2.36. The molecule has 1 aromatic carbocycles. The van der Waals surface area contributed by atoms with Gasteiger partial charge in [-0.3, -0.25) is 0 Å². The molecule has 1 saturated heterocycles. The third kappa shape index (κ3) is 3.45. The predicted octanol–water partition coefficient (Wildman–Crippen LogP) is 3.27. The maximum atomic E-state index is 9.51. The van der Waals surface area contributed by atoms with Crippen LogP contribution in [0.3, 0.4) is 0 Å². The van der Waals surface area contributed by atoms with Gasteiger partial charge in [-0.2, -0.15) is 5.26 Å². The maximum Gasteiger partial charge on any atom is 0.131 e. The van der Waals surface area contributed by atoms with Gasteiger partial charge >= 0.3 is 0 Å². The Labute approximate surface area is 128 Å². The molecule has 1 aliphatic rings. The number of likely N-dealkylation sites (tertiary alicyclic amines) is 1. The predicted molar refractivity (Wildman–Crippen MR) is 86.6 cm³/mol. The van der Waals surface area contributed by atoms with Gasteiger partial charge in [-0.25, -0.2) is 0 Å². The van der Waals surface area contributed by atoms with Crippen molar-refractivity contribution in [2.75, 3.05) is 19.6 Å². The Kier molecular flexibility index (Phi) is 5.03. The zero-order valence-corrected chi connectivity index (χ0v) is 13.3. The number of benzene rings is 1. The Hall–Kier alpha value is -1.37. The van der Waals surface area contributed by atoms with E-state index in [-0.39, 0.29) is 0 Å². The molecule has 2 rings (SSSR count). The summed E-state index contributed by atoms with van der Waals surface area (Å²) in [6, 6.07) is 12.1. The summed E-state index contributed by atoms with van der Waals surface area (Å²) in [5, 5.41) is 9.51. The van der Waals surface area contributed by atoms with Gasteiger partial charge in [0.05, 0.1) is 6.07 Å². The Morgan fingerprint density at radius 3 is 2.48 bits per heavy atom. The minimum Gasteiger partial charge on any atom is -0.310 e. The fraction of sp³-hybridized carbons (Fsp3) is 0.611. The third-order valence-electron chi connectivity index (χ3n) is 5.33. The standard InChI is InChI=1S/C18H27N3/c1-3-17(4-2)10-12-21(15-17)13-11-18(20,14-19)16-8-6-5-7-9-16/h5-9H,3-4,10-13,15,20H2,1-2H3. The average molecular weight is 285 g/mol. The Balaban J connectivity index is 1.98. The lowest BCUT2D eigenvalue weighted by molar-refractivity contribution is 0.231. The van der Waals surface area contributed by atoms with Crippen molar-refractivity contribution in [1.82, 2.24) is 4.90 Å². The first kappa shape index (κ1) is 16.0. The van der Waals surface area contributed by atoms with Crippen LogP contribution in [0.25, 0.3) is 0 Å². The number of hydrogen-bond donors (Lipinski definition) is 1. The summed E-state index contributed by atoms with van der Waals surface area (Å²) in [5.41, 5.74) is 6.87. The zero-order chi connectivity index (χ0) is 15.3. The quantitative estimate of drug-likeness (QED) is 0.872. The second-order valence-corrected chi connectivity index (χ2v) is 6.43. The first-order valence-corrected chi connectivity index (χ1v) is 8.05. The fourth-order valence-electron chi connectivity index (χ4n) is 3.38. The number of nitrogens with two attached hydrogens (primary N) is 1. The van der Waals surface area contributed by atoms with Gasteiger partial charge in [-0.1, -0.05) is 44.2 Å². The number of hydrogen-bond acceptors (Lipinski definition) is 3. The second-order valence-electron chi connectivity index (χ2n) is 6.43. The van der Waals surface area contributed by atoms with E-state index in [1.165, 1.54) is 19.3 Å². The maximum absolute atomic E-state index is 9.51. The molecule has 0 bridgehead atoms. The molecule has 3 nitrogen and oxygen atoms in total. The highest BCUT2D eigenvalue weighted by atomic mass is 15.2. The molecule has 114 valence electrons. The van der Waals surface area contributed by atoms with Crippen LogP contribution >= 0.6 is 0 Å². The first-order valence-electron chi connectivity index (χ1n) is 8.05. The van der Waals surface area contributed by atoms with E-state index >= 15 is 0 Å². The molecule has 0 spiro atoms. The molecule has 0 radical (unpaired) electrons. The van der Waals surface area contributed by atoms with Crippen LogP contribution in [-0.4, -0.2) is 24.5 Å². The number of nitriles is 1. The van der Waals surface area contributed by atoms with Crippen molar-refractivity contribution in [3.8, 4) is 6.07 Å². The van der Waals surface area contributed by atoms with Crippen molar-refractivity contribution in [3.05, 3.63) is 35.9 Å². The molecule has 1 aliphatic heterocycles. The molecule has 1 atom stereocenters. The summed E-state index contributed by atoms with van der Waals surface area (Å²) in [6.45, 7) is 7.77. The van der Waals surface area contributed by atoms with Crippen LogP contribution in [0.1, 0.15) is 45.1 Å². The molecule has 3 heteroatoms. The van der Waals surface area contributed by atoms with Crippen molar-refractivity contribution in [2.24, 2.45) is 11.1 Å². The van der Waals surface area contributed by atoms with Gasteiger partial charge in [0.25, 0.3) is 0 Å². The normalized spacial score (nSPS) is 20.9. The van der Waals surface area contributed by atoms with Gasteiger partial charge in [-0.05, 0) is 43.2 Å². The molecular formula is C18H27N3. The van der Waals surface area contributed by atoms with Gasteiger partial charge in [0.15, 0.2) is 0 Å². The summed E-state index contributed by atoms with van der Waals surface area (Å²) in [7, 11) is 0. The molecule has 1 heterocycles. The summed E-state index contributed by atoms with van der Waals surface area (Å²) in [5.74, 6) is 0. The largest absolute Gasteiger partial charge is 0.310 e. The van der Waals surface area contributed by atoms with Crippen molar-refractivity contribution >= 4 is 0 Å². The lowest BCUT2D eigenvalue weighted by atomic mass is 9.82. The minimum atomic E-state index is -0.870. The molecule has 1 fully saturated rings. The molecule has 21 heavy (non-hydrogen) atoms. The van der Waals surface area contributed by atoms with E-state index in [0.29, 0.717) is 11.8 Å². The van der Waals surface area contributed by atoms with Gasteiger partial charge < -0.3 is 10.6 Å². The van der Waals surface area contributed by atoms with Crippen LogP contribution in [0.4, 0.5) is 0 Å². The van der Waals surface area contributed by atoms with E-state index in [1.54, 1.807) is 0 Å². The van der Waals surface area contributed by atoms with E-state index < -0.39 is 5.54 Å². The molecule has 1 aromatic rings. The van der Waals surface area contributed by atoms with E-state index in [1.807, 2.05) is 30.3 Å². The molecule has 0 aliphatic carbocycles. The lowest BCUT2D eigenvalue weighted by Crippen LogP contribution is -2.39. The smallest absolute Gasteiger partial charge is 0.131 e. The van der Waals surface area contributed by atoms with E-state index in [0.717, 1.165) is 25.2 Å². The van der Waals surface area contributed by atoms with E-state index in [9.17, 15) is 5.26 Å². The van der Waals surface area contributed by atoms with Crippen molar-refractivity contribution in [2.45, 2.75) is 45.1 Å². The van der Waals surface area contributed by atoms with Gasteiger partial charge in [0.2, 0.25) is 0 Å². The van der Waals surface area contributed by atoms with Crippen molar-refractivity contribution in [1.29, 1.82) is 5.26 Å². The summed E-state index contributed by atoms with van der Waals surface area (Å²) in [6.07, 6.45) is 4.45. The van der Waals surface area contributed by atoms with Crippen LogP contribution in [0.5, 0.6) is 0 Å². The lowest BCUT2D eigenvalue weighted by Gasteiger charge is -2.28. The molecule has 1 unspecified atom stereocenters. The summed E-state index contributed by atoms with van der Waals surface area (Å²) < 4.78 is 0. The van der Waals surface area contributed by atoms with Gasteiger partial charge in [0.1, 0.15) is 5.54 Å². The topological polar surface area (TPSA) is 53.0 Å². The Morgan fingerprint density at radius 1 is 1.29 bits per heavy atom. The van der Waals surface area contributed by atoms with Gasteiger partial charge in [-0.15, -0.1) is 0 Å². The van der Waals surface area contributed by atoms with E-state index in [4.69, 9.17) is 5.73 Å². The van der Waals surface area contributed by atoms with Crippen LogP contribution in [0, 0.1) is 16.7 Å². The number of nitrogens with zero attached hydrogens (tertiary/aromatic N) is 2. The number of rotatable bonds is 6. The van der Waals surface area contributed by atoms with Crippen molar-refractivity contribution in [3.63, 3.8) is 0 Å². The highest BCUT2D eigenvalue weighted by Crippen LogP contribution is 2.37. The molecule has 0 saturated carbocycles. The fourth-order valence-corrected chi connectivity index (χ4v) is 3.38. The Bertz CT molecular complexity index is 487. The van der Waals surface area contributed by atoms with Crippen LogP contribution in [0.15, 0.2) is 30.3 Å². The molecule has 0 aromatic heterocycles. The average Bonchev–Trinajstić information content (AvgIpc) is 2.98. The zero-order valence-electron chi connectivity index (χ0n) is 13.3.